The molecule has 2 N–H and O–H groups in total. The van der Waals surface area contributed by atoms with Crippen LogP contribution in [-0.4, -0.2) is 7.85 Å². The molecule has 0 atom stereocenters. The number of benzene rings is 2. The molecule has 0 fully saturated rings. The minimum atomic E-state index is -0.450. The summed E-state index contributed by atoms with van der Waals surface area (Å²) in [4.78, 5) is 0. The average molecular weight is 260 g/mol. The molecule has 90 valence electrons. The smallest absolute Gasteiger partial charge is 0.149 e. The van der Waals surface area contributed by atoms with Gasteiger partial charge in [-0.2, -0.15) is 0 Å². The number of hydrogen-bond donors (Lipinski definition) is 1. The quantitative estimate of drug-likeness (QED) is 0.649. The van der Waals surface area contributed by atoms with Crippen LogP contribution < -0.4 is 11.2 Å². The summed E-state index contributed by atoms with van der Waals surface area (Å²) in [6.07, 6.45) is 1.59. The van der Waals surface area contributed by atoms with E-state index < -0.39 is 5.82 Å². The molecule has 18 heavy (non-hydrogen) atoms. The molecule has 0 radical (unpaired) electrons. The third-order valence-electron chi connectivity index (χ3n) is 2.68. The Morgan fingerprint density at radius 3 is 2.50 bits per heavy atom. The van der Waals surface area contributed by atoms with Crippen LogP contribution in [0.5, 0.6) is 0 Å². The maximum atomic E-state index is 13.7. The lowest BCUT2D eigenvalue weighted by atomic mass is 9.94. The Morgan fingerprint density at radius 2 is 1.83 bits per heavy atom. The van der Waals surface area contributed by atoms with E-state index in [1.54, 1.807) is 18.2 Å². The molecular weight excluding hydrogens is 247 g/mol. The predicted octanol–water partition coefficient (Wildman–Crippen LogP) is 2.19. The molecule has 0 unspecified atom stereocenters. The van der Waals surface area contributed by atoms with Crippen LogP contribution in [0.15, 0.2) is 42.5 Å². The SMILES string of the molecule is Bc1ccc(/C(N)=C/c2cccc(Cl)c2F)cc1. The Labute approximate surface area is 111 Å². The molecule has 0 bridgehead atoms. The van der Waals surface area contributed by atoms with Crippen LogP contribution in [-0.2, 0) is 0 Å². The van der Waals surface area contributed by atoms with Crippen molar-refractivity contribution in [3.63, 3.8) is 0 Å². The lowest BCUT2D eigenvalue weighted by Gasteiger charge is -2.04. The van der Waals surface area contributed by atoms with Crippen molar-refractivity contribution in [1.82, 2.24) is 0 Å². The van der Waals surface area contributed by atoms with Crippen molar-refractivity contribution < 1.29 is 4.39 Å². The van der Waals surface area contributed by atoms with Crippen molar-refractivity contribution in [2.75, 3.05) is 0 Å². The molecule has 0 spiro atoms. The maximum absolute atomic E-state index is 13.7. The van der Waals surface area contributed by atoms with Crippen molar-refractivity contribution in [3.8, 4) is 0 Å². The first-order chi connectivity index (χ1) is 8.58. The van der Waals surface area contributed by atoms with Crippen molar-refractivity contribution in [3.05, 3.63) is 64.4 Å². The number of rotatable bonds is 2. The normalized spacial score (nSPS) is 11.6. The summed E-state index contributed by atoms with van der Waals surface area (Å²) in [6.45, 7) is 0. The van der Waals surface area contributed by atoms with Gasteiger partial charge in [-0.25, -0.2) is 4.39 Å². The molecule has 2 aromatic rings. The molecule has 0 saturated heterocycles. The minimum absolute atomic E-state index is 0.0976. The molecule has 4 heteroatoms. The highest BCUT2D eigenvalue weighted by Crippen LogP contribution is 2.21. The van der Waals surface area contributed by atoms with Crippen LogP contribution in [0.3, 0.4) is 0 Å². The fourth-order valence-electron chi connectivity index (χ4n) is 1.63. The van der Waals surface area contributed by atoms with Gasteiger partial charge < -0.3 is 5.73 Å². The molecule has 0 aliphatic carbocycles. The summed E-state index contributed by atoms with van der Waals surface area (Å²) < 4.78 is 13.7. The lowest BCUT2D eigenvalue weighted by molar-refractivity contribution is 0.625. The maximum Gasteiger partial charge on any atom is 0.149 e. The monoisotopic (exact) mass is 259 g/mol. The van der Waals surface area contributed by atoms with Crippen molar-refractivity contribution in [2.45, 2.75) is 0 Å². The molecule has 0 aliphatic heterocycles. The van der Waals surface area contributed by atoms with E-state index in [1.165, 1.54) is 6.07 Å². The third kappa shape index (κ3) is 2.74. The minimum Gasteiger partial charge on any atom is -0.398 e. The Kier molecular flexibility index (Phi) is 3.73. The van der Waals surface area contributed by atoms with Gasteiger partial charge >= 0.3 is 0 Å². The van der Waals surface area contributed by atoms with Gasteiger partial charge in [0.25, 0.3) is 0 Å². The van der Waals surface area contributed by atoms with Crippen LogP contribution in [0, 0.1) is 5.82 Å². The number of halogens is 2. The highest BCUT2D eigenvalue weighted by Gasteiger charge is 2.05. The highest BCUT2D eigenvalue weighted by molar-refractivity contribution is 6.32. The topological polar surface area (TPSA) is 26.0 Å². The Hall–Kier alpha value is -1.74. The van der Waals surface area contributed by atoms with Gasteiger partial charge in [0.05, 0.1) is 5.02 Å². The molecule has 0 aliphatic rings. The summed E-state index contributed by atoms with van der Waals surface area (Å²) in [6, 6.07) is 12.6. The summed E-state index contributed by atoms with van der Waals surface area (Å²) in [7, 11) is 2.00. The van der Waals surface area contributed by atoms with E-state index in [2.05, 4.69) is 0 Å². The Morgan fingerprint density at radius 1 is 1.17 bits per heavy atom. The molecule has 0 saturated carbocycles. The van der Waals surface area contributed by atoms with E-state index in [1.807, 2.05) is 32.1 Å². The van der Waals surface area contributed by atoms with Gasteiger partial charge in [-0.3, -0.25) is 0 Å². The highest BCUT2D eigenvalue weighted by atomic mass is 35.5. The van der Waals surface area contributed by atoms with Crippen LogP contribution in [0.1, 0.15) is 11.1 Å². The predicted molar refractivity (Wildman–Crippen MR) is 78.1 cm³/mol. The fraction of sp³-hybridized carbons (Fsp3) is 0. The van der Waals surface area contributed by atoms with Gasteiger partial charge in [0.2, 0.25) is 0 Å². The fourth-order valence-corrected chi connectivity index (χ4v) is 1.81. The number of hydrogen-bond acceptors (Lipinski definition) is 1. The summed E-state index contributed by atoms with van der Waals surface area (Å²) in [5, 5.41) is 0.0976. The van der Waals surface area contributed by atoms with Gasteiger partial charge in [0, 0.05) is 11.3 Å². The molecule has 0 heterocycles. The lowest BCUT2D eigenvalue weighted by Crippen LogP contribution is -2.03. The largest absolute Gasteiger partial charge is 0.398 e. The van der Waals surface area contributed by atoms with Crippen LogP contribution in [0.2, 0.25) is 5.02 Å². The van der Waals surface area contributed by atoms with Crippen molar-refractivity contribution in [1.29, 1.82) is 0 Å². The van der Waals surface area contributed by atoms with Crippen LogP contribution in [0.4, 0.5) is 4.39 Å². The zero-order valence-electron chi connectivity index (χ0n) is 9.95. The van der Waals surface area contributed by atoms with E-state index in [4.69, 9.17) is 17.3 Å². The summed E-state index contributed by atoms with van der Waals surface area (Å²) >= 11 is 5.72. The van der Waals surface area contributed by atoms with Crippen molar-refractivity contribution >= 4 is 36.7 Å². The zero-order chi connectivity index (χ0) is 13.1. The van der Waals surface area contributed by atoms with E-state index in [0.29, 0.717) is 11.3 Å². The average Bonchev–Trinajstić information content (AvgIpc) is 2.36. The summed E-state index contributed by atoms with van der Waals surface area (Å²) in [5.74, 6) is -0.450. The zero-order valence-corrected chi connectivity index (χ0v) is 10.7. The van der Waals surface area contributed by atoms with Gasteiger partial charge in [-0.15, -0.1) is 0 Å². The van der Waals surface area contributed by atoms with Gasteiger partial charge in [0.1, 0.15) is 13.7 Å². The van der Waals surface area contributed by atoms with Crippen molar-refractivity contribution in [2.24, 2.45) is 5.73 Å². The van der Waals surface area contributed by atoms with E-state index in [0.717, 1.165) is 11.0 Å². The van der Waals surface area contributed by atoms with Crippen LogP contribution >= 0.6 is 11.6 Å². The second-order valence-corrected chi connectivity index (χ2v) is 4.52. The Bertz CT molecular complexity index is 593. The second kappa shape index (κ2) is 5.28. The van der Waals surface area contributed by atoms with Gasteiger partial charge in [0.15, 0.2) is 0 Å². The third-order valence-corrected chi connectivity index (χ3v) is 2.97. The second-order valence-electron chi connectivity index (χ2n) is 4.11. The Balaban J connectivity index is 2.38. The van der Waals surface area contributed by atoms with Crippen LogP contribution in [0.25, 0.3) is 11.8 Å². The molecule has 2 aromatic carbocycles. The molecule has 1 nitrogen and oxygen atoms in total. The van der Waals surface area contributed by atoms with E-state index >= 15 is 0 Å². The van der Waals surface area contributed by atoms with Gasteiger partial charge in [-0.05, 0) is 17.7 Å². The standard InChI is InChI=1S/C14H12BClFN/c15-11-6-4-9(5-7-11)13(18)8-10-2-1-3-12(16)14(10)17/h1-8H,15,18H2/b13-8-. The van der Waals surface area contributed by atoms with E-state index in [-0.39, 0.29) is 5.02 Å². The molecular formula is C14H12BClFN. The summed E-state index contributed by atoms with van der Waals surface area (Å²) in [5.41, 5.74) is 8.86. The first-order valence-electron chi connectivity index (χ1n) is 5.56. The number of nitrogens with two attached hydrogens (primary N) is 1. The van der Waals surface area contributed by atoms with E-state index in [9.17, 15) is 4.39 Å². The molecule has 2 rings (SSSR count). The first kappa shape index (κ1) is 12.7. The first-order valence-corrected chi connectivity index (χ1v) is 5.94. The molecule has 0 aromatic heterocycles. The molecule has 0 amide bonds. The van der Waals surface area contributed by atoms with Gasteiger partial charge in [-0.1, -0.05) is 53.5 Å².